The molecule has 1 saturated carbocycles. The van der Waals surface area contributed by atoms with E-state index in [1.54, 1.807) is 0 Å². The van der Waals surface area contributed by atoms with E-state index in [4.69, 9.17) is 4.74 Å². The fourth-order valence-corrected chi connectivity index (χ4v) is 3.20. The Labute approximate surface area is 90.2 Å². The van der Waals surface area contributed by atoms with Crippen LogP contribution in [0.4, 0.5) is 0 Å². The van der Waals surface area contributed by atoms with Gasteiger partial charge in [-0.25, -0.2) is 0 Å². The van der Waals surface area contributed by atoms with Gasteiger partial charge in [-0.15, -0.1) is 0 Å². The summed E-state index contributed by atoms with van der Waals surface area (Å²) >= 11 is 0. The van der Waals surface area contributed by atoms with Crippen molar-refractivity contribution in [2.75, 3.05) is 0 Å². The zero-order chi connectivity index (χ0) is 11.1. The summed E-state index contributed by atoms with van der Waals surface area (Å²) in [5.41, 5.74) is -0.106. The molecule has 0 aromatic carbocycles. The number of ether oxygens (including phenoxy) is 1. The first-order valence-corrected chi connectivity index (χ1v) is 5.83. The van der Waals surface area contributed by atoms with Crippen molar-refractivity contribution in [3.8, 4) is 0 Å². The third-order valence-corrected chi connectivity index (χ3v) is 4.42. The van der Waals surface area contributed by atoms with Gasteiger partial charge in [-0.05, 0) is 18.3 Å². The highest BCUT2D eigenvalue weighted by atomic mass is 16.6. The number of rotatable bonds is 0. The lowest BCUT2D eigenvalue weighted by molar-refractivity contribution is -0.185. The molecule has 1 heterocycles. The second kappa shape index (κ2) is 3.62. The minimum atomic E-state index is -0.319. The van der Waals surface area contributed by atoms with Crippen LogP contribution in [0.15, 0.2) is 0 Å². The van der Waals surface area contributed by atoms with E-state index in [1.165, 1.54) is 6.42 Å². The Hall–Kier alpha value is -0.860. The lowest BCUT2D eigenvalue weighted by atomic mass is 9.59. The zero-order valence-electron chi connectivity index (χ0n) is 9.41. The van der Waals surface area contributed by atoms with Crippen molar-refractivity contribution in [3.63, 3.8) is 0 Å². The molecule has 1 aliphatic carbocycles. The maximum atomic E-state index is 11.6. The highest BCUT2D eigenvalue weighted by molar-refractivity contribution is 5.91. The van der Waals surface area contributed by atoms with Gasteiger partial charge in [-0.3, -0.25) is 9.59 Å². The molecular formula is C12H18O3. The van der Waals surface area contributed by atoms with Gasteiger partial charge >= 0.3 is 11.9 Å². The molecule has 2 fully saturated rings. The van der Waals surface area contributed by atoms with Crippen LogP contribution in [-0.2, 0) is 14.3 Å². The predicted molar refractivity (Wildman–Crippen MR) is 54.9 cm³/mol. The molecule has 0 aromatic rings. The van der Waals surface area contributed by atoms with Gasteiger partial charge in [0.15, 0.2) is 0 Å². The standard InChI is InChI=1S/C12H18O3/c1-8-10(13)15-11(14)9(2)12(8)6-4-3-5-7-12/h8-9H,3-7H2,1-2H3. The van der Waals surface area contributed by atoms with E-state index >= 15 is 0 Å². The third kappa shape index (κ3) is 1.48. The van der Waals surface area contributed by atoms with Gasteiger partial charge in [-0.1, -0.05) is 33.1 Å². The van der Waals surface area contributed by atoms with E-state index in [2.05, 4.69) is 0 Å². The minimum absolute atomic E-state index is 0.106. The predicted octanol–water partition coefficient (Wildman–Crippen LogP) is 2.29. The smallest absolute Gasteiger partial charge is 0.316 e. The fraction of sp³-hybridized carbons (Fsp3) is 0.833. The van der Waals surface area contributed by atoms with Crippen molar-refractivity contribution in [1.29, 1.82) is 0 Å². The average Bonchev–Trinajstić information content (AvgIpc) is 2.26. The van der Waals surface area contributed by atoms with Crippen molar-refractivity contribution in [2.45, 2.75) is 46.0 Å². The van der Waals surface area contributed by atoms with E-state index in [1.807, 2.05) is 13.8 Å². The van der Waals surface area contributed by atoms with E-state index in [9.17, 15) is 9.59 Å². The van der Waals surface area contributed by atoms with Crippen LogP contribution in [0.1, 0.15) is 46.0 Å². The van der Waals surface area contributed by atoms with Crippen molar-refractivity contribution in [1.82, 2.24) is 0 Å². The number of hydrogen-bond acceptors (Lipinski definition) is 3. The van der Waals surface area contributed by atoms with Crippen LogP contribution < -0.4 is 0 Å². The summed E-state index contributed by atoms with van der Waals surface area (Å²) in [7, 11) is 0. The van der Waals surface area contributed by atoms with Crippen molar-refractivity contribution in [3.05, 3.63) is 0 Å². The van der Waals surface area contributed by atoms with Gasteiger partial charge in [0.2, 0.25) is 0 Å². The van der Waals surface area contributed by atoms with Gasteiger partial charge in [0.25, 0.3) is 0 Å². The second-order valence-electron chi connectivity index (χ2n) is 4.98. The molecule has 2 unspecified atom stereocenters. The summed E-state index contributed by atoms with van der Waals surface area (Å²) in [4.78, 5) is 23.2. The molecule has 1 saturated heterocycles. The summed E-state index contributed by atoms with van der Waals surface area (Å²) in [5.74, 6) is -0.879. The van der Waals surface area contributed by atoms with Crippen molar-refractivity contribution < 1.29 is 14.3 Å². The monoisotopic (exact) mass is 210 g/mol. The zero-order valence-corrected chi connectivity index (χ0v) is 9.41. The highest BCUT2D eigenvalue weighted by Gasteiger charge is 2.52. The lowest BCUT2D eigenvalue weighted by Gasteiger charge is -2.47. The van der Waals surface area contributed by atoms with Crippen LogP contribution in [0, 0.1) is 17.3 Å². The Morgan fingerprint density at radius 3 is 1.93 bits per heavy atom. The van der Waals surface area contributed by atoms with Crippen molar-refractivity contribution >= 4 is 11.9 Å². The van der Waals surface area contributed by atoms with Crippen LogP contribution >= 0.6 is 0 Å². The number of carbonyl (C=O) groups excluding carboxylic acids is 2. The van der Waals surface area contributed by atoms with Gasteiger partial charge in [-0.2, -0.15) is 0 Å². The highest BCUT2D eigenvalue weighted by Crippen LogP contribution is 2.51. The second-order valence-corrected chi connectivity index (χ2v) is 4.98. The van der Waals surface area contributed by atoms with Crippen LogP contribution in [0.3, 0.4) is 0 Å². The average molecular weight is 210 g/mol. The van der Waals surface area contributed by atoms with Gasteiger partial charge in [0.05, 0.1) is 11.8 Å². The maximum absolute atomic E-state index is 11.6. The van der Waals surface area contributed by atoms with E-state index in [0.717, 1.165) is 25.7 Å². The molecule has 0 aromatic heterocycles. The summed E-state index contributed by atoms with van der Waals surface area (Å²) in [6, 6.07) is 0. The Morgan fingerprint density at radius 1 is 1.00 bits per heavy atom. The maximum Gasteiger partial charge on any atom is 0.316 e. The number of esters is 2. The molecule has 3 heteroatoms. The van der Waals surface area contributed by atoms with E-state index in [-0.39, 0.29) is 29.2 Å². The Kier molecular flexibility index (Phi) is 2.57. The summed E-state index contributed by atoms with van der Waals surface area (Å²) in [6.45, 7) is 3.83. The molecular weight excluding hydrogens is 192 g/mol. The topological polar surface area (TPSA) is 43.4 Å². The van der Waals surface area contributed by atoms with Crippen LogP contribution in [0.2, 0.25) is 0 Å². The van der Waals surface area contributed by atoms with E-state index < -0.39 is 0 Å². The number of cyclic esters (lactones) is 2. The first kappa shape index (κ1) is 10.7. The van der Waals surface area contributed by atoms with Crippen LogP contribution in [-0.4, -0.2) is 11.9 Å². The van der Waals surface area contributed by atoms with Crippen molar-refractivity contribution in [2.24, 2.45) is 17.3 Å². The van der Waals surface area contributed by atoms with Gasteiger partial charge < -0.3 is 4.74 Å². The molecule has 0 N–H and O–H groups in total. The molecule has 2 aliphatic rings. The first-order valence-electron chi connectivity index (χ1n) is 5.83. The van der Waals surface area contributed by atoms with Crippen LogP contribution in [0.25, 0.3) is 0 Å². The van der Waals surface area contributed by atoms with Gasteiger partial charge in [0, 0.05) is 0 Å². The largest absolute Gasteiger partial charge is 0.393 e. The molecule has 2 atom stereocenters. The molecule has 0 amide bonds. The molecule has 2 rings (SSSR count). The molecule has 1 aliphatic heterocycles. The number of carbonyl (C=O) groups is 2. The Balaban J connectivity index is 2.31. The normalized spacial score (nSPS) is 35.3. The third-order valence-electron chi connectivity index (χ3n) is 4.42. The molecule has 84 valence electrons. The van der Waals surface area contributed by atoms with Crippen LogP contribution in [0.5, 0.6) is 0 Å². The molecule has 15 heavy (non-hydrogen) atoms. The quantitative estimate of drug-likeness (QED) is 0.455. The Bertz CT molecular complexity index is 267. The first-order chi connectivity index (χ1) is 7.08. The minimum Gasteiger partial charge on any atom is -0.393 e. The SMILES string of the molecule is CC1C(=O)OC(=O)C(C)C12CCCCC2. The summed E-state index contributed by atoms with van der Waals surface area (Å²) in [5, 5.41) is 0. The Morgan fingerprint density at radius 2 is 1.47 bits per heavy atom. The number of hydrogen-bond donors (Lipinski definition) is 0. The van der Waals surface area contributed by atoms with E-state index in [0.29, 0.717) is 0 Å². The lowest BCUT2D eigenvalue weighted by Crippen LogP contribution is -2.50. The molecule has 1 spiro atoms. The summed E-state index contributed by atoms with van der Waals surface area (Å²) < 4.78 is 4.76. The van der Waals surface area contributed by atoms with Gasteiger partial charge in [0.1, 0.15) is 0 Å². The molecule has 0 radical (unpaired) electrons. The molecule has 3 nitrogen and oxygen atoms in total. The summed E-state index contributed by atoms with van der Waals surface area (Å²) in [6.07, 6.45) is 5.49. The fourth-order valence-electron chi connectivity index (χ4n) is 3.20. The molecule has 0 bridgehead atoms.